The summed E-state index contributed by atoms with van der Waals surface area (Å²) in [6.07, 6.45) is 12.1. The van der Waals surface area contributed by atoms with Crippen molar-refractivity contribution in [2.24, 2.45) is 28.1 Å². The molecule has 3 fully saturated rings. The Bertz CT molecular complexity index is 1440. The van der Waals surface area contributed by atoms with Crippen molar-refractivity contribution in [3.63, 3.8) is 0 Å². The number of ketones is 1. The molecular weight excluding hydrogens is 660 g/mol. The number of hydrogen-bond donors (Lipinski definition) is 4. The van der Waals surface area contributed by atoms with Crippen molar-refractivity contribution < 1.29 is 32.4 Å². The average molecular weight is 721 g/mol. The number of carbonyl (C=O) groups excluding carboxylic acids is 5. The fourth-order valence-electron chi connectivity index (χ4n) is 7.73. The number of piperidine rings is 1. The Hall–Kier alpha value is -3.18. The molecule has 282 valence electrons. The van der Waals surface area contributed by atoms with Crippen LogP contribution in [0.3, 0.4) is 0 Å². The van der Waals surface area contributed by atoms with Gasteiger partial charge in [-0.1, -0.05) is 86.5 Å². The van der Waals surface area contributed by atoms with E-state index in [1.807, 2.05) is 34.6 Å². The lowest BCUT2D eigenvalue weighted by molar-refractivity contribution is -0.146. The number of nitrogens with one attached hydrogen (secondary N) is 4. The fraction of sp³-hybridized carbons (Fsp3) is 0.806. The van der Waals surface area contributed by atoms with Gasteiger partial charge in [0, 0.05) is 26.2 Å². The standard InChI is InChI=1S/C36H60N6O7S/c1-11-13-17-24(28(43)31(45)37-20-12-2)38-30(44)27-26-23(35(26,6)7)21-42(27)32(46)29(36(8)18-15-14-16-19-36)40-33(47)39-25(34(3,4)5)22-41(9)50(10,48)49/h2,23-27,29H,11,13-22H2,1,3-10H3,(H,37,45)(H,38,44)(H2,39,40,47)/t23-,24?,25+,26-,27-,29+/m0/s1. The van der Waals surface area contributed by atoms with E-state index in [2.05, 4.69) is 41.0 Å². The summed E-state index contributed by atoms with van der Waals surface area (Å²) >= 11 is 0. The molecular formula is C36H60N6O7S. The molecule has 1 heterocycles. The first-order valence-electron chi connectivity index (χ1n) is 17.9. The van der Waals surface area contributed by atoms with Gasteiger partial charge in [-0.3, -0.25) is 19.2 Å². The van der Waals surface area contributed by atoms with Crippen LogP contribution in [-0.2, 0) is 29.2 Å². The van der Waals surface area contributed by atoms with E-state index in [1.54, 1.807) is 4.90 Å². The summed E-state index contributed by atoms with van der Waals surface area (Å²) in [5, 5.41) is 11.1. The molecule has 3 rings (SSSR count). The average Bonchev–Trinajstić information content (AvgIpc) is 3.33. The van der Waals surface area contributed by atoms with Gasteiger partial charge in [-0.25, -0.2) is 17.5 Å². The third kappa shape index (κ3) is 9.57. The van der Waals surface area contributed by atoms with Crippen LogP contribution in [0.1, 0.15) is 99.8 Å². The molecule has 1 aliphatic heterocycles. The van der Waals surface area contributed by atoms with Crippen LogP contribution in [0.15, 0.2) is 0 Å². The van der Waals surface area contributed by atoms with Crippen LogP contribution in [0, 0.1) is 40.4 Å². The molecule has 0 radical (unpaired) electrons. The lowest BCUT2D eigenvalue weighted by Gasteiger charge is -2.43. The van der Waals surface area contributed by atoms with Crippen LogP contribution in [0.4, 0.5) is 4.79 Å². The van der Waals surface area contributed by atoms with Crippen molar-refractivity contribution >= 4 is 39.6 Å². The highest BCUT2D eigenvalue weighted by Crippen LogP contribution is 2.65. The summed E-state index contributed by atoms with van der Waals surface area (Å²) in [7, 11) is -2.05. The van der Waals surface area contributed by atoms with Gasteiger partial charge in [0.2, 0.25) is 27.6 Å². The van der Waals surface area contributed by atoms with Crippen molar-refractivity contribution in [3.05, 3.63) is 0 Å². The number of amides is 5. The summed E-state index contributed by atoms with van der Waals surface area (Å²) in [5.74, 6) is -0.355. The van der Waals surface area contributed by atoms with Crippen molar-refractivity contribution in [3.8, 4) is 12.3 Å². The van der Waals surface area contributed by atoms with Gasteiger partial charge >= 0.3 is 6.03 Å². The normalized spacial score (nSPS) is 24.2. The molecule has 0 aromatic heterocycles. The number of unbranched alkanes of at least 4 members (excludes halogenated alkanes) is 1. The van der Waals surface area contributed by atoms with Gasteiger partial charge in [-0.05, 0) is 47.3 Å². The molecule has 14 heteroatoms. The summed E-state index contributed by atoms with van der Waals surface area (Å²) < 4.78 is 25.6. The first-order valence-corrected chi connectivity index (χ1v) is 19.8. The van der Waals surface area contributed by atoms with E-state index in [0.717, 1.165) is 31.9 Å². The number of fused-ring (bicyclic) bond motifs is 1. The third-order valence-electron chi connectivity index (χ3n) is 11.4. The minimum absolute atomic E-state index is 0.0388. The number of likely N-dealkylation sites (N-methyl/N-ethyl adjacent to an activating group) is 1. The number of carbonyl (C=O) groups is 5. The zero-order valence-electron chi connectivity index (χ0n) is 31.5. The minimum atomic E-state index is -3.51. The van der Waals surface area contributed by atoms with Gasteiger partial charge < -0.3 is 26.2 Å². The number of nitrogens with zero attached hydrogens (tertiary/aromatic N) is 2. The van der Waals surface area contributed by atoms with Gasteiger partial charge in [0.05, 0.1) is 18.8 Å². The Morgan fingerprint density at radius 1 is 1.02 bits per heavy atom. The number of sulfonamides is 1. The topological polar surface area (TPSA) is 174 Å². The van der Waals surface area contributed by atoms with Crippen LogP contribution in [-0.4, -0.2) is 104 Å². The fourth-order valence-corrected chi connectivity index (χ4v) is 8.15. The Labute approximate surface area is 299 Å². The Morgan fingerprint density at radius 2 is 1.64 bits per heavy atom. The molecule has 5 amide bonds. The molecule has 0 aromatic carbocycles. The summed E-state index contributed by atoms with van der Waals surface area (Å²) in [5.41, 5.74) is -1.32. The monoisotopic (exact) mass is 720 g/mol. The number of terminal acetylenes is 1. The number of rotatable bonds is 15. The summed E-state index contributed by atoms with van der Waals surface area (Å²) in [4.78, 5) is 69.9. The SMILES string of the molecule is C#CCNC(=O)C(=O)C(CCCC)NC(=O)[C@@H]1[C@@H]2[C@H](CN1C(=O)[C@@H](NC(=O)N[C@H](CN(C)S(C)(=O)=O)C(C)(C)C)C1(C)CCCCC1)C2(C)C. The number of likely N-dealkylation sites (tertiary alicyclic amines) is 1. The third-order valence-corrected chi connectivity index (χ3v) is 12.7. The molecule has 0 bridgehead atoms. The van der Waals surface area contributed by atoms with E-state index in [0.29, 0.717) is 25.8 Å². The zero-order valence-corrected chi connectivity index (χ0v) is 32.3. The molecule has 1 unspecified atom stereocenters. The van der Waals surface area contributed by atoms with E-state index in [1.165, 1.54) is 11.4 Å². The first kappa shape index (κ1) is 41.2. The lowest BCUT2D eigenvalue weighted by Crippen LogP contribution is -2.63. The highest BCUT2D eigenvalue weighted by atomic mass is 32.2. The summed E-state index contributed by atoms with van der Waals surface area (Å²) in [6.45, 7) is 14.0. The maximum absolute atomic E-state index is 14.8. The van der Waals surface area contributed by atoms with Gasteiger partial charge in [-0.15, -0.1) is 6.42 Å². The maximum Gasteiger partial charge on any atom is 0.315 e. The van der Waals surface area contributed by atoms with E-state index < -0.39 is 68.6 Å². The van der Waals surface area contributed by atoms with Crippen LogP contribution in [0.2, 0.25) is 0 Å². The van der Waals surface area contributed by atoms with Crippen molar-refractivity contribution in [2.75, 3.05) is 32.9 Å². The number of Topliss-reactive ketones (excluding diaryl/α,β-unsaturated/α-hetero) is 1. The largest absolute Gasteiger partial charge is 0.344 e. The van der Waals surface area contributed by atoms with E-state index in [-0.39, 0.29) is 42.7 Å². The molecule has 0 spiro atoms. The van der Waals surface area contributed by atoms with Crippen LogP contribution in [0.25, 0.3) is 0 Å². The van der Waals surface area contributed by atoms with Crippen LogP contribution >= 0.6 is 0 Å². The quantitative estimate of drug-likeness (QED) is 0.149. The highest BCUT2D eigenvalue weighted by Gasteiger charge is 2.70. The summed E-state index contributed by atoms with van der Waals surface area (Å²) in [6, 6.07) is -4.09. The second-order valence-electron chi connectivity index (χ2n) is 16.6. The second kappa shape index (κ2) is 16.0. The Morgan fingerprint density at radius 3 is 2.18 bits per heavy atom. The molecule has 6 atom stereocenters. The van der Waals surface area contributed by atoms with E-state index in [4.69, 9.17) is 6.42 Å². The smallest absolute Gasteiger partial charge is 0.315 e. The van der Waals surface area contributed by atoms with Crippen LogP contribution in [0.5, 0.6) is 0 Å². The molecule has 2 aliphatic carbocycles. The lowest BCUT2D eigenvalue weighted by atomic mass is 9.70. The highest BCUT2D eigenvalue weighted by molar-refractivity contribution is 7.88. The van der Waals surface area contributed by atoms with Gasteiger partial charge in [0.15, 0.2) is 0 Å². The van der Waals surface area contributed by atoms with Gasteiger partial charge in [0.1, 0.15) is 12.1 Å². The van der Waals surface area contributed by atoms with Crippen LogP contribution < -0.4 is 21.3 Å². The molecule has 1 saturated heterocycles. The molecule has 3 aliphatic rings. The Kier molecular flexibility index (Phi) is 13.2. The Balaban J connectivity index is 1.92. The first-order chi connectivity index (χ1) is 23.1. The van der Waals surface area contributed by atoms with E-state index >= 15 is 0 Å². The molecule has 0 aromatic rings. The van der Waals surface area contributed by atoms with E-state index in [9.17, 15) is 32.4 Å². The van der Waals surface area contributed by atoms with Gasteiger partial charge in [0.25, 0.3) is 5.91 Å². The number of urea groups is 1. The molecule has 13 nitrogen and oxygen atoms in total. The van der Waals surface area contributed by atoms with Crippen molar-refractivity contribution in [2.45, 2.75) is 124 Å². The molecule has 50 heavy (non-hydrogen) atoms. The predicted octanol–water partition coefficient (Wildman–Crippen LogP) is 2.41. The zero-order chi connectivity index (χ0) is 37.8. The van der Waals surface area contributed by atoms with Crippen molar-refractivity contribution in [1.29, 1.82) is 0 Å². The molecule has 4 N–H and O–H groups in total. The minimum Gasteiger partial charge on any atom is -0.344 e. The predicted molar refractivity (Wildman–Crippen MR) is 192 cm³/mol. The maximum atomic E-state index is 14.8. The second-order valence-corrected chi connectivity index (χ2v) is 18.7. The number of hydrogen-bond acceptors (Lipinski definition) is 7. The van der Waals surface area contributed by atoms with Crippen molar-refractivity contribution in [1.82, 2.24) is 30.5 Å². The molecule has 2 saturated carbocycles. The van der Waals surface area contributed by atoms with Gasteiger partial charge in [-0.2, -0.15) is 0 Å².